The maximum absolute atomic E-state index is 12.7. The first-order valence-electron chi connectivity index (χ1n) is 9.46. The number of piperazine rings is 1. The molecule has 2 amide bonds. The normalized spacial score (nSPS) is 17.8. The van der Waals surface area contributed by atoms with Crippen molar-refractivity contribution in [3.05, 3.63) is 58.1 Å². The number of carbonyl (C=O) groups is 2. The Labute approximate surface area is 166 Å². The van der Waals surface area contributed by atoms with E-state index < -0.39 is 16.7 Å². The molecule has 0 N–H and O–H groups in total. The highest BCUT2D eigenvalue weighted by Crippen LogP contribution is 2.24. The molecule has 29 heavy (non-hydrogen) atoms. The Hall–Kier alpha value is -3.27. The van der Waals surface area contributed by atoms with Gasteiger partial charge < -0.3 is 14.2 Å². The van der Waals surface area contributed by atoms with Crippen LogP contribution in [0.5, 0.6) is 0 Å². The van der Waals surface area contributed by atoms with Gasteiger partial charge in [-0.3, -0.25) is 29.6 Å². The van der Waals surface area contributed by atoms with Crippen molar-refractivity contribution < 1.29 is 18.9 Å². The van der Waals surface area contributed by atoms with Gasteiger partial charge in [0.2, 0.25) is 5.91 Å². The first-order chi connectivity index (χ1) is 14.0. The average molecular weight is 399 g/mol. The fraction of sp³-hybridized carbons (Fsp3) is 0.421. The Morgan fingerprint density at radius 1 is 1.10 bits per heavy atom. The van der Waals surface area contributed by atoms with Gasteiger partial charge in [-0.15, -0.1) is 0 Å². The van der Waals surface area contributed by atoms with E-state index in [1.807, 2.05) is 23.1 Å². The van der Waals surface area contributed by atoms with Gasteiger partial charge >= 0.3 is 5.88 Å². The zero-order valence-corrected chi connectivity index (χ0v) is 15.8. The molecular weight excluding hydrogens is 378 g/mol. The van der Waals surface area contributed by atoms with E-state index in [0.717, 1.165) is 31.4 Å². The van der Waals surface area contributed by atoms with Crippen LogP contribution < -0.4 is 0 Å². The highest BCUT2D eigenvalue weighted by atomic mass is 16.6. The van der Waals surface area contributed by atoms with Gasteiger partial charge in [0.15, 0.2) is 5.76 Å². The summed E-state index contributed by atoms with van der Waals surface area (Å²) in [6, 6.07) is 8.29. The minimum atomic E-state index is -0.688. The molecular formula is C19H21N5O5. The molecule has 2 aliphatic heterocycles. The van der Waals surface area contributed by atoms with Crippen LogP contribution in [-0.4, -0.2) is 75.7 Å². The van der Waals surface area contributed by atoms with Gasteiger partial charge in [0.25, 0.3) is 5.91 Å². The minimum absolute atomic E-state index is 0.0527. The fourth-order valence-corrected chi connectivity index (χ4v) is 3.60. The fourth-order valence-electron chi connectivity index (χ4n) is 3.60. The zero-order chi connectivity index (χ0) is 20.4. The second-order valence-corrected chi connectivity index (χ2v) is 7.22. The van der Waals surface area contributed by atoms with Gasteiger partial charge in [-0.2, -0.15) is 0 Å². The molecule has 0 radical (unpaired) electrons. The Bertz CT molecular complexity index is 901. The summed E-state index contributed by atoms with van der Waals surface area (Å²) in [6.45, 7) is 4.26. The summed E-state index contributed by atoms with van der Waals surface area (Å²) in [5, 5.41) is 10.7. The Morgan fingerprint density at radius 2 is 1.86 bits per heavy atom. The quantitative estimate of drug-likeness (QED) is 0.544. The number of rotatable bonds is 5. The van der Waals surface area contributed by atoms with Gasteiger partial charge in [0.05, 0.1) is 17.7 Å². The van der Waals surface area contributed by atoms with E-state index in [9.17, 15) is 19.7 Å². The predicted molar refractivity (Wildman–Crippen MR) is 101 cm³/mol. The summed E-state index contributed by atoms with van der Waals surface area (Å²) < 4.78 is 4.94. The van der Waals surface area contributed by atoms with E-state index in [-0.39, 0.29) is 17.6 Å². The van der Waals surface area contributed by atoms with Gasteiger partial charge in [-0.05, 0) is 18.2 Å². The van der Waals surface area contributed by atoms with Crippen molar-refractivity contribution in [3.8, 4) is 0 Å². The summed E-state index contributed by atoms with van der Waals surface area (Å²) in [7, 11) is 0. The van der Waals surface area contributed by atoms with E-state index in [1.165, 1.54) is 11.0 Å². The zero-order valence-electron chi connectivity index (χ0n) is 15.8. The first-order valence-corrected chi connectivity index (χ1v) is 9.46. The predicted octanol–water partition coefficient (Wildman–Crippen LogP) is 0.999. The number of hydrogen-bond acceptors (Lipinski definition) is 7. The molecule has 4 rings (SSSR count). The van der Waals surface area contributed by atoms with Crippen molar-refractivity contribution in [2.45, 2.75) is 6.54 Å². The van der Waals surface area contributed by atoms with Crippen LogP contribution in [-0.2, 0) is 11.3 Å². The van der Waals surface area contributed by atoms with Crippen LogP contribution in [0.3, 0.4) is 0 Å². The Kier molecular flexibility index (Phi) is 5.26. The van der Waals surface area contributed by atoms with E-state index in [2.05, 4.69) is 9.88 Å². The first kappa shape index (κ1) is 19.1. The third-order valence-corrected chi connectivity index (χ3v) is 5.30. The number of hydrogen-bond donors (Lipinski definition) is 0. The van der Waals surface area contributed by atoms with Crippen molar-refractivity contribution >= 4 is 17.7 Å². The van der Waals surface area contributed by atoms with E-state index in [4.69, 9.17) is 4.42 Å². The smallest absolute Gasteiger partial charge is 0.395 e. The molecule has 2 saturated heterocycles. The molecule has 0 aliphatic carbocycles. The Morgan fingerprint density at radius 3 is 2.48 bits per heavy atom. The van der Waals surface area contributed by atoms with Crippen LogP contribution in [0.15, 0.2) is 40.9 Å². The number of amides is 2. The van der Waals surface area contributed by atoms with Crippen LogP contribution >= 0.6 is 0 Å². The molecule has 2 aromatic rings. The molecule has 2 fully saturated rings. The molecule has 0 unspecified atom stereocenters. The van der Waals surface area contributed by atoms with E-state index in [0.29, 0.717) is 26.2 Å². The van der Waals surface area contributed by atoms with E-state index in [1.54, 1.807) is 6.20 Å². The average Bonchev–Trinajstić information content (AvgIpc) is 3.19. The van der Waals surface area contributed by atoms with Crippen LogP contribution in [0.2, 0.25) is 0 Å². The van der Waals surface area contributed by atoms with Crippen molar-refractivity contribution in [2.75, 3.05) is 39.3 Å². The summed E-state index contributed by atoms with van der Waals surface area (Å²) in [4.78, 5) is 44.9. The molecule has 4 heterocycles. The van der Waals surface area contributed by atoms with Crippen LogP contribution in [0.1, 0.15) is 16.2 Å². The minimum Gasteiger partial charge on any atom is -0.395 e. The monoisotopic (exact) mass is 399 g/mol. The Balaban J connectivity index is 1.23. The van der Waals surface area contributed by atoms with Gasteiger partial charge in [-0.25, -0.2) is 0 Å². The molecule has 2 aliphatic rings. The van der Waals surface area contributed by atoms with Gasteiger partial charge in [0.1, 0.15) is 4.92 Å². The van der Waals surface area contributed by atoms with Crippen molar-refractivity contribution in [1.29, 1.82) is 0 Å². The van der Waals surface area contributed by atoms with E-state index >= 15 is 0 Å². The molecule has 0 aromatic carbocycles. The van der Waals surface area contributed by atoms with Crippen molar-refractivity contribution in [2.24, 2.45) is 5.92 Å². The lowest BCUT2D eigenvalue weighted by Crippen LogP contribution is -2.59. The molecule has 10 nitrogen and oxygen atoms in total. The lowest BCUT2D eigenvalue weighted by atomic mass is 9.97. The molecule has 0 spiro atoms. The third-order valence-electron chi connectivity index (χ3n) is 5.30. The largest absolute Gasteiger partial charge is 0.433 e. The number of nitrogens with zero attached hydrogens (tertiary/aromatic N) is 5. The lowest BCUT2D eigenvalue weighted by molar-refractivity contribution is -0.402. The summed E-state index contributed by atoms with van der Waals surface area (Å²) in [6.07, 6.45) is 1.78. The van der Waals surface area contributed by atoms with Gasteiger partial charge in [-0.1, -0.05) is 6.07 Å². The molecule has 0 saturated carbocycles. The summed E-state index contributed by atoms with van der Waals surface area (Å²) >= 11 is 0. The number of carbonyl (C=O) groups excluding carboxylic acids is 2. The van der Waals surface area contributed by atoms with Crippen LogP contribution in [0.25, 0.3) is 0 Å². The standard InChI is InChI=1S/C19H21N5O5/c25-18(22-9-7-21(8-10-22)13-15-3-1-2-6-20-15)14-11-23(12-14)19(26)16-4-5-17(29-16)24(27)28/h1-6,14H,7-13H2. The lowest BCUT2D eigenvalue weighted by Gasteiger charge is -2.42. The molecule has 0 atom stereocenters. The van der Waals surface area contributed by atoms with Crippen molar-refractivity contribution in [3.63, 3.8) is 0 Å². The SMILES string of the molecule is O=C(c1ccc([N+](=O)[O-])o1)N1CC(C(=O)N2CCN(Cc3ccccn3)CC2)C1. The maximum atomic E-state index is 12.7. The second kappa shape index (κ2) is 8.00. The number of aromatic nitrogens is 1. The van der Waals surface area contributed by atoms with Crippen molar-refractivity contribution in [1.82, 2.24) is 19.7 Å². The van der Waals surface area contributed by atoms with Crippen LogP contribution in [0, 0.1) is 16.0 Å². The molecule has 0 bridgehead atoms. The summed E-state index contributed by atoms with van der Waals surface area (Å²) in [5.41, 5.74) is 1.01. The number of furan rings is 1. The molecule has 152 valence electrons. The number of likely N-dealkylation sites (tertiary alicyclic amines) is 1. The third kappa shape index (κ3) is 4.11. The summed E-state index contributed by atoms with van der Waals surface area (Å²) in [5.74, 6) is -1.15. The number of nitro groups is 1. The van der Waals surface area contributed by atoms with Crippen LogP contribution in [0.4, 0.5) is 5.88 Å². The molecule has 2 aromatic heterocycles. The molecule has 10 heteroatoms. The maximum Gasteiger partial charge on any atom is 0.433 e. The topological polar surface area (TPSA) is 113 Å². The van der Waals surface area contributed by atoms with Gasteiger partial charge in [0, 0.05) is 52.0 Å². The second-order valence-electron chi connectivity index (χ2n) is 7.22. The highest BCUT2D eigenvalue weighted by molar-refractivity contribution is 5.94. The highest BCUT2D eigenvalue weighted by Gasteiger charge is 2.40. The number of pyridine rings is 1.